The number of aryl methyl sites for hydroxylation is 2. The number of aromatic nitrogens is 1. The number of nitrogens with zero attached hydrogens (tertiary/aromatic N) is 4. The molecule has 8 heteroatoms. The average Bonchev–Trinajstić information content (AvgIpc) is 3.25. The zero-order valence-electron chi connectivity index (χ0n) is 18.9. The Kier molecular flexibility index (Phi) is 7.81. The van der Waals surface area contributed by atoms with Gasteiger partial charge in [0.25, 0.3) is 5.91 Å². The van der Waals surface area contributed by atoms with E-state index >= 15 is 0 Å². The third kappa shape index (κ3) is 5.92. The van der Waals surface area contributed by atoms with Crippen LogP contribution >= 0.6 is 0 Å². The lowest BCUT2D eigenvalue weighted by Gasteiger charge is -2.33. The maximum Gasteiger partial charge on any atom is 0.276 e. The summed E-state index contributed by atoms with van der Waals surface area (Å²) >= 11 is 0. The van der Waals surface area contributed by atoms with Gasteiger partial charge in [0.2, 0.25) is 5.91 Å². The summed E-state index contributed by atoms with van der Waals surface area (Å²) in [6, 6.07) is 7.74. The predicted molar refractivity (Wildman–Crippen MR) is 118 cm³/mol. The molecule has 31 heavy (non-hydrogen) atoms. The third-order valence-corrected chi connectivity index (χ3v) is 5.69. The van der Waals surface area contributed by atoms with Gasteiger partial charge in [-0.3, -0.25) is 9.59 Å². The molecule has 2 aromatic rings. The summed E-state index contributed by atoms with van der Waals surface area (Å²) in [6.07, 6.45) is 0.279. The second-order valence-corrected chi connectivity index (χ2v) is 8.11. The van der Waals surface area contributed by atoms with Crippen LogP contribution < -0.4 is 0 Å². The molecule has 2 heterocycles. The number of amides is 2. The fourth-order valence-corrected chi connectivity index (χ4v) is 3.63. The molecule has 0 atom stereocenters. The normalized spacial score (nSPS) is 14.6. The number of benzene rings is 1. The van der Waals surface area contributed by atoms with E-state index in [1.807, 2.05) is 36.9 Å². The third-order valence-electron chi connectivity index (χ3n) is 5.69. The Labute approximate surface area is 183 Å². The molecule has 168 valence electrons. The number of hydrogen-bond acceptors (Lipinski definition) is 6. The van der Waals surface area contributed by atoms with Crippen molar-refractivity contribution in [3.05, 3.63) is 41.1 Å². The van der Waals surface area contributed by atoms with Crippen molar-refractivity contribution in [1.29, 1.82) is 0 Å². The molecule has 0 bridgehead atoms. The highest BCUT2D eigenvalue weighted by atomic mass is 16.5. The van der Waals surface area contributed by atoms with Crippen molar-refractivity contribution in [1.82, 2.24) is 19.9 Å². The molecule has 1 aromatic carbocycles. The van der Waals surface area contributed by atoms with Gasteiger partial charge in [-0.2, -0.15) is 0 Å². The summed E-state index contributed by atoms with van der Waals surface area (Å²) in [7, 11) is 3.64. The molecule has 0 aliphatic carbocycles. The number of rotatable bonds is 8. The number of likely N-dealkylation sites (N-methyl/N-ethyl adjacent to an activating group) is 1. The number of piperazine rings is 1. The van der Waals surface area contributed by atoms with Gasteiger partial charge < -0.3 is 24.0 Å². The molecule has 2 amide bonds. The molecule has 1 aliphatic heterocycles. The minimum Gasteiger partial charge on any atom is -0.383 e. The quantitative estimate of drug-likeness (QED) is 0.642. The average molecular weight is 429 g/mol. The topological polar surface area (TPSA) is 79.1 Å². The van der Waals surface area contributed by atoms with Crippen molar-refractivity contribution in [2.75, 3.05) is 60.0 Å². The Morgan fingerprint density at radius 3 is 2.58 bits per heavy atom. The predicted octanol–water partition coefficient (Wildman–Crippen LogP) is 2.21. The lowest BCUT2D eigenvalue weighted by Crippen LogP contribution is -2.48. The van der Waals surface area contributed by atoms with E-state index in [0.717, 1.165) is 42.9 Å². The molecular weight excluding hydrogens is 396 g/mol. The van der Waals surface area contributed by atoms with Crippen molar-refractivity contribution in [2.45, 2.75) is 20.3 Å². The van der Waals surface area contributed by atoms with Crippen LogP contribution in [-0.4, -0.2) is 91.7 Å². The Bertz CT molecular complexity index is 903. The molecule has 8 nitrogen and oxygen atoms in total. The molecule has 1 fully saturated rings. The molecule has 0 N–H and O–H groups in total. The number of carbonyl (C=O) groups excluding carboxylic acids is 2. The van der Waals surface area contributed by atoms with Crippen molar-refractivity contribution in [2.24, 2.45) is 0 Å². The molecule has 1 aliphatic rings. The van der Waals surface area contributed by atoms with Gasteiger partial charge >= 0.3 is 0 Å². The number of carbonyl (C=O) groups is 2. The molecule has 0 saturated carbocycles. The SMILES string of the molecule is COCCN(CCC(=O)N1CCN(C)CC1)C(=O)c1cc(-c2cc(C)ccc2C)on1. The maximum absolute atomic E-state index is 13.1. The number of methoxy groups -OCH3 is 1. The van der Waals surface area contributed by atoms with Crippen molar-refractivity contribution < 1.29 is 18.8 Å². The fraction of sp³-hybridized carbons (Fsp3) is 0.522. The molecule has 0 spiro atoms. The molecule has 0 radical (unpaired) electrons. The molecule has 0 unspecified atom stereocenters. The van der Waals surface area contributed by atoms with Gasteiger partial charge in [0.15, 0.2) is 11.5 Å². The van der Waals surface area contributed by atoms with Crippen LogP contribution in [0.4, 0.5) is 0 Å². The van der Waals surface area contributed by atoms with E-state index in [9.17, 15) is 9.59 Å². The largest absolute Gasteiger partial charge is 0.383 e. The van der Waals surface area contributed by atoms with Crippen LogP contribution in [0.2, 0.25) is 0 Å². The highest BCUT2D eigenvalue weighted by Crippen LogP contribution is 2.25. The highest BCUT2D eigenvalue weighted by Gasteiger charge is 2.24. The van der Waals surface area contributed by atoms with Gasteiger partial charge in [0, 0.05) is 64.4 Å². The first-order chi connectivity index (χ1) is 14.9. The van der Waals surface area contributed by atoms with Gasteiger partial charge in [-0.1, -0.05) is 22.9 Å². The highest BCUT2D eigenvalue weighted by molar-refractivity contribution is 5.93. The van der Waals surface area contributed by atoms with Crippen LogP contribution in [0, 0.1) is 13.8 Å². The summed E-state index contributed by atoms with van der Waals surface area (Å²) < 4.78 is 10.6. The Hall–Kier alpha value is -2.71. The van der Waals surface area contributed by atoms with Crippen LogP contribution in [0.5, 0.6) is 0 Å². The first-order valence-electron chi connectivity index (χ1n) is 10.7. The second kappa shape index (κ2) is 10.5. The standard InChI is InChI=1S/C23H32N4O4/c1-17-5-6-18(2)19(15-17)21-16-20(24-31-21)23(29)27(13-14-30-4)8-7-22(28)26-11-9-25(3)10-12-26/h5-6,15-16H,7-14H2,1-4H3. The van der Waals surface area contributed by atoms with Crippen molar-refractivity contribution in [3.8, 4) is 11.3 Å². The second-order valence-electron chi connectivity index (χ2n) is 8.11. The number of hydrogen-bond donors (Lipinski definition) is 0. The summed E-state index contributed by atoms with van der Waals surface area (Å²) in [5, 5.41) is 4.01. The van der Waals surface area contributed by atoms with E-state index in [2.05, 4.69) is 17.1 Å². The van der Waals surface area contributed by atoms with Gasteiger partial charge in [-0.05, 0) is 32.5 Å². The van der Waals surface area contributed by atoms with Gasteiger partial charge in [0.05, 0.1) is 6.61 Å². The zero-order valence-corrected chi connectivity index (χ0v) is 18.9. The summed E-state index contributed by atoms with van der Waals surface area (Å²) in [5.74, 6) is 0.368. The lowest BCUT2D eigenvalue weighted by atomic mass is 10.0. The molecular formula is C23H32N4O4. The van der Waals surface area contributed by atoms with E-state index in [-0.39, 0.29) is 23.9 Å². The lowest BCUT2D eigenvalue weighted by molar-refractivity contribution is -0.133. The zero-order chi connectivity index (χ0) is 22.4. The van der Waals surface area contributed by atoms with Crippen molar-refractivity contribution >= 4 is 11.8 Å². The summed E-state index contributed by atoms with van der Waals surface area (Å²) in [4.78, 5) is 31.4. The van der Waals surface area contributed by atoms with E-state index in [1.54, 1.807) is 18.1 Å². The van der Waals surface area contributed by atoms with E-state index < -0.39 is 0 Å². The van der Waals surface area contributed by atoms with Gasteiger partial charge in [0.1, 0.15) is 0 Å². The minimum absolute atomic E-state index is 0.0690. The number of ether oxygens (including phenoxy) is 1. The summed E-state index contributed by atoms with van der Waals surface area (Å²) in [5.41, 5.74) is 3.31. The Morgan fingerprint density at radius 1 is 1.13 bits per heavy atom. The van der Waals surface area contributed by atoms with Gasteiger partial charge in [-0.15, -0.1) is 0 Å². The maximum atomic E-state index is 13.1. The minimum atomic E-state index is -0.261. The van der Waals surface area contributed by atoms with Crippen LogP contribution in [0.1, 0.15) is 28.0 Å². The smallest absolute Gasteiger partial charge is 0.276 e. The van der Waals surface area contributed by atoms with Crippen molar-refractivity contribution in [3.63, 3.8) is 0 Å². The van der Waals surface area contributed by atoms with Crippen LogP contribution in [-0.2, 0) is 9.53 Å². The summed E-state index contributed by atoms with van der Waals surface area (Å²) in [6.45, 7) is 8.29. The molecule has 1 aromatic heterocycles. The van der Waals surface area contributed by atoms with E-state index in [0.29, 0.717) is 25.5 Å². The fourth-order valence-electron chi connectivity index (χ4n) is 3.63. The van der Waals surface area contributed by atoms with Crippen LogP contribution in [0.3, 0.4) is 0 Å². The molecule has 1 saturated heterocycles. The first-order valence-corrected chi connectivity index (χ1v) is 10.7. The van der Waals surface area contributed by atoms with E-state index in [4.69, 9.17) is 9.26 Å². The Morgan fingerprint density at radius 2 is 1.87 bits per heavy atom. The van der Waals surface area contributed by atoms with Crippen LogP contribution in [0.15, 0.2) is 28.8 Å². The molecule has 3 rings (SSSR count). The van der Waals surface area contributed by atoms with E-state index in [1.165, 1.54) is 0 Å². The Balaban J connectivity index is 1.67. The van der Waals surface area contributed by atoms with Gasteiger partial charge in [-0.25, -0.2) is 0 Å². The first kappa shape index (κ1) is 23.0. The van der Waals surface area contributed by atoms with Crippen LogP contribution in [0.25, 0.3) is 11.3 Å². The monoisotopic (exact) mass is 428 g/mol.